The van der Waals surface area contributed by atoms with Gasteiger partial charge in [-0.1, -0.05) is 48.0 Å². The van der Waals surface area contributed by atoms with E-state index in [0.717, 1.165) is 5.56 Å². The molecule has 3 aromatic carbocycles. The molecule has 7 heteroatoms. The van der Waals surface area contributed by atoms with Gasteiger partial charge in [0.1, 0.15) is 17.9 Å². The van der Waals surface area contributed by atoms with Crippen molar-refractivity contribution in [2.24, 2.45) is 0 Å². The number of ether oxygens (including phenoxy) is 1. The molecule has 154 valence electrons. The highest BCUT2D eigenvalue weighted by atomic mass is 35.5. The van der Waals surface area contributed by atoms with Crippen molar-refractivity contribution in [3.63, 3.8) is 0 Å². The molecular formula is C24H17ClFN3O2. The minimum Gasteiger partial charge on any atom is -0.439 e. The van der Waals surface area contributed by atoms with Crippen LogP contribution in [0.5, 0.6) is 11.6 Å². The van der Waals surface area contributed by atoms with E-state index < -0.39 is 0 Å². The van der Waals surface area contributed by atoms with Gasteiger partial charge in [-0.2, -0.15) is 0 Å². The van der Waals surface area contributed by atoms with E-state index in [1.807, 2.05) is 18.2 Å². The molecule has 1 amide bonds. The summed E-state index contributed by atoms with van der Waals surface area (Å²) in [6.45, 7) is 0.312. The number of hydrogen-bond acceptors (Lipinski definition) is 4. The fraction of sp³-hybridized carbons (Fsp3) is 0.0417. The topological polar surface area (TPSA) is 64.1 Å². The molecule has 1 heterocycles. The van der Waals surface area contributed by atoms with Crippen molar-refractivity contribution in [2.45, 2.75) is 6.54 Å². The number of benzene rings is 3. The summed E-state index contributed by atoms with van der Waals surface area (Å²) >= 11 is 6.13. The highest BCUT2D eigenvalue weighted by Gasteiger charge is 2.10. The molecule has 0 radical (unpaired) electrons. The third kappa shape index (κ3) is 5.24. The Bertz CT molecular complexity index is 1230. The molecule has 0 atom stereocenters. The summed E-state index contributed by atoms with van der Waals surface area (Å²) in [5.74, 6) is 0.111. The number of nitrogens with zero attached hydrogens (tertiary/aromatic N) is 2. The number of halogens is 2. The maximum Gasteiger partial charge on any atom is 0.251 e. The highest BCUT2D eigenvalue weighted by molar-refractivity contribution is 6.31. The molecule has 0 aliphatic heterocycles. The first kappa shape index (κ1) is 20.5. The molecule has 0 aliphatic carbocycles. The van der Waals surface area contributed by atoms with Crippen molar-refractivity contribution >= 4 is 17.5 Å². The average molecular weight is 434 g/mol. The monoisotopic (exact) mass is 433 g/mol. The van der Waals surface area contributed by atoms with Gasteiger partial charge < -0.3 is 10.1 Å². The summed E-state index contributed by atoms with van der Waals surface area (Å²) in [4.78, 5) is 20.8. The van der Waals surface area contributed by atoms with Crippen LogP contribution in [0.15, 0.2) is 85.2 Å². The van der Waals surface area contributed by atoms with Gasteiger partial charge in [-0.05, 0) is 42.0 Å². The summed E-state index contributed by atoms with van der Waals surface area (Å²) in [7, 11) is 0. The van der Waals surface area contributed by atoms with Crippen LogP contribution in [0.4, 0.5) is 4.39 Å². The first-order valence-corrected chi connectivity index (χ1v) is 9.84. The summed E-state index contributed by atoms with van der Waals surface area (Å²) in [5.41, 5.74) is 2.40. The summed E-state index contributed by atoms with van der Waals surface area (Å²) in [5, 5.41) is 3.44. The van der Waals surface area contributed by atoms with Gasteiger partial charge in [-0.25, -0.2) is 14.4 Å². The molecule has 0 unspecified atom stereocenters. The fourth-order valence-electron chi connectivity index (χ4n) is 2.94. The van der Waals surface area contributed by atoms with Crippen LogP contribution in [0.1, 0.15) is 15.9 Å². The minimum atomic E-state index is -0.353. The van der Waals surface area contributed by atoms with Crippen LogP contribution in [0.3, 0.4) is 0 Å². The molecular weight excluding hydrogens is 417 g/mol. The second-order valence-corrected chi connectivity index (χ2v) is 7.06. The van der Waals surface area contributed by atoms with E-state index in [1.165, 1.54) is 18.5 Å². The molecule has 1 aromatic heterocycles. The molecule has 5 nitrogen and oxygen atoms in total. The Morgan fingerprint density at radius 2 is 1.81 bits per heavy atom. The number of aromatic nitrogens is 2. The van der Waals surface area contributed by atoms with E-state index >= 15 is 0 Å². The predicted octanol–water partition coefficient (Wildman–Crippen LogP) is 5.66. The van der Waals surface area contributed by atoms with Gasteiger partial charge in [0.05, 0.1) is 5.69 Å². The first-order chi connectivity index (χ1) is 15.1. The van der Waals surface area contributed by atoms with Crippen LogP contribution in [0.2, 0.25) is 5.02 Å². The van der Waals surface area contributed by atoms with Gasteiger partial charge in [0.25, 0.3) is 5.91 Å². The zero-order chi connectivity index (χ0) is 21.6. The Balaban J connectivity index is 1.47. The molecule has 0 spiro atoms. The number of nitrogens with one attached hydrogen (secondary N) is 1. The molecule has 0 saturated heterocycles. The number of amides is 1. The van der Waals surface area contributed by atoms with Gasteiger partial charge in [0.15, 0.2) is 0 Å². The van der Waals surface area contributed by atoms with Crippen LogP contribution in [0, 0.1) is 5.82 Å². The third-order valence-electron chi connectivity index (χ3n) is 4.48. The third-order valence-corrected chi connectivity index (χ3v) is 4.85. The first-order valence-electron chi connectivity index (χ1n) is 9.46. The molecule has 0 fully saturated rings. The standard InChI is InChI=1S/C24H17ClFN3O2/c25-21-10-2-1-5-18(21)14-27-24(30)17-7-4-9-20(12-17)31-23-13-22(28-15-29-23)16-6-3-8-19(26)11-16/h1-13,15H,14H2,(H,27,30). The molecule has 1 N–H and O–H groups in total. The normalized spacial score (nSPS) is 10.5. The van der Waals surface area contributed by atoms with E-state index in [0.29, 0.717) is 34.1 Å². The van der Waals surface area contributed by atoms with Crippen molar-refractivity contribution in [3.05, 3.63) is 107 Å². The van der Waals surface area contributed by atoms with E-state index in [2.05, 4.69) is 15.3 Å². The van der Waals surface area contributed by atoms with Crippen molar-refractivity contribution in [1.29, 1.82) is 0 Å². The van der Waals surface area contributed by atoms with Crippen molar-refractivity contribution in [2.75, 3.05) is 0 Å². The predicted molar refractivity (Wildman–Crippen MR) is 117 cm³/mol. The molecule has 4 aromatic rings. The number of rotatable bonds is 6. The molecule has 0 bridgehead atoms. The van der Waals surface area contributed by atoms with E-state index in [-0.39, 0.29) is 17.6 Å². The lowest BCUT2D eigenvalue weighted by molar-refractivity contribution is 0.0950. The maximum atomic E-state index is 13.5. The zero-order valence-electron chi connectivity index (χ0n) is 16.3. The average Bonchev–Trinajstić information content (AvgIpc) is 2.79. The van der Waals surface area contributed by atoms with E-state index in [9.17, 15) is 9.18 Å². The lowest BCUT2D eigenvalue weighted by Crippen LogP contribution is -2.22. The SMILES string of the molecule is O=C(NCc1ccccc1Cl)c1cccc(Oc2cc(-c3cccc(F)c3)ncn2)c1. The Morgan fingerprint density at radius 3 is 2.65 bits per heavy atom. The molecule has 31 heavy (non-hydrogen) atoms. The minimum absolute atomic E-state index is 0.256. The van der Waals surface area contributed by atoms with Crippen LogP contribution in [-0.4, -0.2) is 15.9 Å². The Labute approximate surface area is 183 Å². The smallest absolute Gasteiger partial charge is 0.251 e. The van der Waals surface area contributed by atoms with Gasteiger partial charge >= 0.3 is 0 Å². The van der Waals surface area contributed by atoms with Crippen LogP contribution < -0.4 is 10.1 Å². The molecule has 0 saturated carbocycles. The number of carbonyl (C=O) groups is 1. The Kier molecular flexibility index (Phi) is 6.19. The summed E-state index contributed by atoms with van der Waals surface area (Å²) < 4.78 is 19.3. The summed E-state index contributed by atoms with van der Waals surface area (Å²) in [6, 6.07) is 21.8. The van der Waals surface area contributed by atoms with E-state index in [1.54, 1.807) is 48.5 Å². The number of carbonyl (C=O) groups excluding carboxylic acids is 1. The Hall–Kier alpha value is -3.77. The lowest BCUT2D eigenvalue weighted by Gasteiger charge is -2.09. The molecule has 4 rings (SSSR count). The zero-order valence-corrected chi connectivity index (χ0v) is 17.0. The van der Waals surface area contributed by atoms with E-state index in [4.69, 9.17) is 16.3 Å². The highest BCUT2D eigenvalue weighted by Crippen LogP contribution is 2.25. The van der Waals surface area contributed by atoms with Crippen LogP contribution in [-0.2, 0) is 6.54 Å². The van der Waals surface area contributed by atoms with Crippen molar-refractivity contribution in [1.82, 2.24) is 15.3 Å². The Morgan fingerprint density at radius 1 is 0.968 bits per heavy atom. The quantitative estimate of drug-likeness (QED) is 0.426. The maximum absolute atomic E-state index is 13.5. The van der Waals surface area contributed by atoms with Gasteiger partial charge in [0.2, 0.25) is 5.88 Å². The number of hydrogen-bond donors (Lipinski definition) is 1. The summed E-state index contributed by atoms with van der Waals surface area (Å²) in [6.07, 6.45) is 1.34. The molecule has 0 aliphatic rings. The van der Waals surface area contributed by atoms with Crippen molar-refractivity contribution < 1.29 is 13.9 Å². The second kappa shape index (κ2) is 9.36. The lowest BCUT2D eigenvalue weighted by atomic mass is 10.1. The second-order valence-electron chi connectivity index (χ2n) is 6.66. The van der Waals surface area contributed by atoms with Crippen molar-refractivity contribution in [3.8, 4) is 22.9 Å². The van der Waals surface area contributed by atoms with Crippen LogP contribution >= 0.6 is 11.6 Å². The largest absolute Gasteiger partial charge is 0.439 e. The van der Waals surface area contributed by atoms with Gasteiger partial charge in [0, 0.05) is 28.8 Å². The fourth-order valence-corrected chi connectivity index (χ4v) is 3.14. The van der Waals surface area contributed by atoms with Gasteiger partial charge in [-0.15, -0.1) is 0 Å². The van der Waals surface area contributed by atoms with Crippen LogP contribution in [0.25, 0.3) is 11.3 Å². The van der Waals surface area contributed by atoms with Gasteiger partial charge in [-0.3, -0.25) is 4.79 Å².